The van der Waals surface area contributed by atoms with E-state index in [1.807, 2.05) is 18.2 Å². The summed E-state index contributed by atoms with van der Waals surface area (Å²) in [6.07, 6.45) is 5.79. The summed E-state index contributed by atoms with van der Waals surface area (Å²) in [5.74, 6) is 0.968. The van der Waals surface area contributed by atoms with Crippen LogP contribution in [0.15, 0.2) is 36.8 Å². The molecule has 2 aromatic rings. The first kappa shape index (κ1) is 10.9. The Balaban J connectivity index is 1.90. The third kappa shape index (κ3) is 2.09. The third-order valence-electron chi connectivity index (χ3n) is 3.11. The Morgan fingerprint density at radius 1 is 1.17 bits per heavy atom. The fourth-order valence-electron chi connectivity index (χ4n) is 2.22. The van der Waals surface area contributed by atoms with Gasteiger partial charge in [-0.3, -0.25) is 4.79 Å². The van der Waals surface area contributed by atoms with Crippen molar-refractivity contribution in [2.45, 2.75) is 19.3 Å². The minimum absolute atomic E-state index is 0.239. The van der Waals surface area contributed by atoms with Crippen LogP contribution in [0.1, 0.15) is 28.8 Å². The van der Waals surface area contributed by atoms with Gasteiger partial charge < -0.3 is 5.32 Å². The van der Waals surface area contributed by atoms with Gasteiger partial charge in [0, 0.05) is 23.9 Å². The number of fused-ring (bicyclic) bond motifs is 1. The molecule has 90 valence electrons. The summed E-state index contributed by atoms with van der Waals surface area (Å²) in [5, 5.41) is 3.17. The van der Waals surface area contributed by atoms with Crippen LogP contribution in [-0.4, -0.2) is 15.8 Å². The Morgan fingerprint density at radius 2 is 2.11 bits per heavy atom. The number of carbonyl (C=O) groups excluding carboxylic acids is 1. The monoisotopic (exact) mass is 239 g/mol. The molecule has 3 rings (SSSR count). The summed E-state index contributed by atoms with van der Waals surface area (Å²) in [5.41, 5.74) is 2.89. The van der Waals surface area contributed by atoms with E-state index in [0.29, 0.717) is 6.42 Å². The van der Waals surface area contributed by atoms with Crippen LogP contribution < -0.4 is 5.32 Å². The fraction of sp³-hybridized carbons (Fsp3) is 0.214. The number of aryl methyl sites for hydroxylation is 1. The maximum Gasteiger partial charge on any atom is 0.163 e. The lowest BCUT2D eigenvalue weighted by molar-refractivity contribution is 0.0972. The number of hydrogen-bond donors (Lipinski definition) is 1. The van der Waals surface area contributed by atoms with Gasteiger partial charge in [0.25, 0.3) is 0 Å². The van der Waals surface area contributed by atoms with Crippen LogP contribution in [0.2, 0.25) is 0 Å². The zero-order valence-corrected chi connectivity index (χ0v) is 9.89. The van der Waals surface area contributed by atoms with E-state index in [9.17, 15) is 4.79 Å². The standard InChI is InChI=1S/C14H13N3O/c18-13-3-1-2-10-4-5-11(8-12(10)13)17-14-6-7-15-9-16-14/h4-9H,1-3H2,(H,15,16,17). The number of hydrogen-bond acceptors (Lipinski definition) is 4. The normalized spacial score (nSPS) is 14.1. The van der Waals surface area contributed by atoms with Gasteiger partial charge in [0.15, 0.2) is 5.78 Å². The zero-order chi connectivity index (χ0) is 12.4. The Morgan fingerprint density at radius 3 is 2.94 bits per heavy atom. The second-order valence-electron chi connectivity index (χ2n) is 4.37. The molecule has 0 aliphatic heterocycles. The van der Waals surface area contributed by atoms with Crippen molar-refractivity contribution in [2.75, 3.05) is 5.32 Å². The number of carbonyl (C=O) groups is 1. The number of rotatable bonds is 2. The summed E-state index contributed by atoms with van der Waals surface area (Å²) < 4.78 is 0. The highest BCUT2D eigenvalue weighted by Crippen LogP contribution is 2.25. The minimum atomic E-state index is 0.239. The van der Waals surface area contributed by atoms with Crippen LogP contribution in [0.4, 0.5) is 11.5 Å². The van der Waals surface area contributed by atoms with E-state index < -0.39 is 0 Å². The average Bonchev–Trinajstić information content (AvgIpc) is 2.41. The quantitative estimate of drug-likeness (QED) is 0.875. The second kappa shape index (κ2) is 4.56. The summed E-state index contributed by atoms with van der Waals surface area (Å²) in [6.45, 7) is 0. The van der Waals surface area contributed by atoms with Gasteiger partial charge in [-0.25, -0.2) is 9.97 Å². The maximum atomic E-state index is 11.8. The molecule has 1 aromatic carbocycles. The second-order valence-corrected chi connectivity index (χ2v) is 4.37. The van der Waals surface area contributed by atoms with E-state index in [0.717, 1.165) is 35.5 Å². The minimum Gasteiger partial charge on any atom is -0.340 e. The third-order valence-corrected chi connectivity index (χ3v) is 3.11. The fourth-order valence-corrected chi connectivity index (χ4v) is 2.22. The Hall–Kier alpha value is -2.23. The van der Waals surface area contributed by atoms with Crippen LogP contribution in [-0.2, 0) is 6.42 Å². The molecule has 4 nitrogen and oxygen atoms in total. The van der Waals surface area contributed by atoms with Crippen LogP contribution >= 0.6 is 0 Å². The van der Waals surface area contributed by atoms with E-state index in [1.165, 1.54) is 6.33 Å². The summed E-state index contributed by atoms with van der Waals surface area (Å²) in [6, 6.07) is 7.72. The van der Waals surface area contributed by atoms with Gasteiger partial charge in [0.2, 0.25) is 0 Å². The largest absolute Gasteiger partial charge is 0.340 e. The number of nitrogens with one attached hydrogen (secondary N) is 1. The number of aromatic nitrogens is 2. The van der Waals surface area contributed by atoms with Crippen molar-refractivity contribution < 1.29 is 4.79 Å². The molecule has 1 aromatic heterocycles. The van der Waals surface area contributed by atoms with Crippen molar-refractivity contribution in [3.05, 3.63) is 47.9 Å². The topological polar surface area (TPSA) is 54.9 Å². The smallest absolute Gasteiger partial charge is 0.163 e. The molecular formula is C14H13N3O. The molecule has 0 fully saturated rings. The SMILES string of the molecule is O=C1CCCc2ccc(Nc3ccncn3)cc21. The number of nitrogens with zero attached hydrogens (tertiary/aromatic N) is 2. The van der Waals surface area contributed by atoms with Crippen molar-refractivity contribution in [2.24, 2.45) is 0 Å². The Labute approximate surface area is 105 Å². The Bertz CT molecular complexity index is 581. The van der Waals surface area contributed by atoms with E-state index in [4.69, 9.17) is 0 Å². The highest BCUT2D eigenvalue weighted by Gasteiger charge is 2.17. The molecule has 0 atom stereocenters. The first-order valence-corrected chi connectivity index (χ1v) is 6.02. The molecule has 1 aliphatic carbocycles. The summed E-state index contributed by atoms with van der Waals surface area (Å²) >= 11 is 0. The van der Waals surface area contributed by atoms with E-state index in [2.05, 4.69) is 15.3 Å². The van der Waals surface area contributed by atoms with Crippen molar-refractivity contribution in [1.82, 2.24) is 9.97 Å². The molecule has 1 N–H and O–H groups in total. The molecule has 0 saturated carbocycles. The van der Waals surface area contributed by atoms with Crippen molar-refractivity contribution >= 4 is 17.3 Å². The van der Waals surface area contributed by atoms with Gasteiger partial charge in [-0.15, -0.1) is 0 Å². The lowest BCUT2D eigenvalue weighted by Gasteiger charge is -2.16. The molecule has 0 unspecified atom stereocenters. The lowest BCUT2D eigenvalue weighted by atomic mass is 9.90. The van der Waals surface area contributed by atoms with Crippen molar-refractivity contribution in [1.29, 1.82) is 0 Å². The van der Waals surface area contributed by atoms with Gasteiger partial charge in [-0.05, 0) is 36.6 Å². The summed E-state index contributed by atoms with van der Waals surface area (Å²) in [4.78, 5) is 19.8. The molecule has 18 heavy (non-hydrogen) atoms. The van der Waals surface area contributed by atoms with Crippen LogP contribution in [0, 0.1) is 0 Å². The first-order valence-electron chi connectivity index (χ1n) is 6.02. The van der Waals surface area contributed by atoms with E-state index >= 15 is 0 Å². The maximum absolute atomic E-state index is 11.8. The molecule has 4 heteroatoms. The predicted octanol–water partition coefficient (Wildman–Crippen LogP) is 2.74. The molecule has 0 saturated heterocycles. The van der Waals surface area contributed by atoms with Gasteiger partial charge in [-0.2, -0.15) is 0 Å². The van der Waals surface area contributed by atoms with Gasteiger partial charge >= 0.3 is 0 Å². The van der Waals surface area contributed by atoms with Gasteiger partial charge in [-0.1, -0.05) is 6.07 Å². The van der Waals surface area contributed by atoms with Crippen LogP contribution in [0.5, 0.6) is 0 Å². The molecule has 0 amide bonds. The summed E-state index contributed by atoms with van der Waals surface area (Å²) in [7, 11) is 0. The van der Waals surface area contributed by atoms with Crippen molar-refractivity contribution in [3.8, 4) is 0 Å². The lowest BCUT2D eigenvalue weighted by Crippen LogP contribution is -2.11. The van der Waals surface area contributed by atoms with Gasteiger partial charge in [0.05, 0.1) is 0 Å². The Kier molecular flexibility index (Phi) is 2.76. The number of ketones is 1. The first-order chi connectivity index (χ1) is 8.83. The highest BCUT2D eigenvalue weighted by atomic mass is 16.1. The number of benzene rings is 1. The zero-order valence-electron chi connectivity index (χ0n) is 9.89. The highest BCUT2D eigenvalue weighted by molar-refractivity contribution is 5.99. The molecule has 0 radical (unpaired) electrons. The predicted molar refractivity (Wildman–Crippen MR) is 69.0 cm³/mol. The van der Waals surface area contributed by atoms with Crippen molar-refractivity contribution in [3.63, 3.8) is 0 Å². The van der Waals surface area contributed by atoms with Crippen LogP contribution in [0.25, 0.3) is 0 Å². The molecule has 0 spiro atoms. The molecular weight excluding hydrogens is 226 g/mol. The van der Waals surface area contributed by atoms with E-state index in [1.54, 1.807) is 12.3 Å². The average molecular weight is 239 g/mol. The number of Topliss-reactive ketones (excluding diaryl/α,β-unsaturated/α-hetero) is 1. The molecule has 1 aliphatic rings. The van der Waals surface area contributed by atoms with E-state index in [-0.39, 0.29) is 5.78 Å². The van der Waals surface area contributed by atoms with Gasteiger partial charge in [0.1, 0.15) is 12.1 Å². The molecule has 1 heterocycles. The van der Waals surface area contributed by atoms with Crippen LogP contribution in [0.3, 0.4) is 0 Å². The number of anilines is 2. The molecule has 0 bridgehead atoms.